The highest BCUT2D eigenvalue weighted by molar-refractivity contribution is 8.00. The van der Waals surface area contributed by atoms with E-state index in [-0.39, 0.29) is 17.5 Å². The quantitative estimate of drug-likeness (QED) is 0.0360. The maximum atomic E-state index is 13.4. The molecule has 49 heavy (non-hydrogen) atoms. The maximum absolute atomic E-state index is 13.4. The molecule has 1 heterocycles. The third-order valence-electron chi connectivity index (χ3n) is 7.34. The summed E-state index contributed by atoms with van der Waals surface area (Å²) < 4.78 is 13.4. The molecule has 0 saturated carbocycles. The SMILES string of the molecule is C[C@@H](CCO)O/N=C(/C(=O)Nc1ncc(F)s1)c1ccc(SCC(N)=NC=NC(c2ccccc2)(c2ccccc2)c2ccccc2)cc1. The number of nitrogens with one attached hydrogen (secondary N) is 1. The second-order valence-electron chi connectivity index (χ2n) is 10.8. The average Bonchev–Trinajstić information content (AvgIpc) is 3.55. The minimum Gasteiger partial charge on any atom is -0.396 e. The number of amides is 1. The number of aliphatic imine (C=N–C) groups is 2. The van der Waals surface area contributed by atoms with Gasteiger partial charge in [0.25, 0.3) is 5.91 Å². The molecule has 1 amide bonds. The first kappa shape index (κ1) is 35.1. The summed E-state index contributed by atoms with van der Waals surface area (Å²) in [6.45, 7) is 1.64. The molecule has 0 bridgehead atoms. The van der Waals surface area contributed by atoms with Crippen LogP contribution in [0.1, 0.15) is 35.6 Å². The van der Waals surface area contributed by atoms with Gasteiger partial charge in [-0.1, -0.05) is 120 Å². The molecule has 250 valence electrons. The number of hydrogen-bond acceptors (Lipinski definition) is 8. The first-order chi connectivity index (χ1) is 23.9. The predicted molar refractivity (Wildman–Crippen MR) is 196 cm³/mol. The number of aromatic nitrogens is 1. The molecular formula is C37H35FN6O3S2. The van der Waals surface area contributed by atoms with Crippen LogP contribution in [0, 0.1) is 5.13 Å². The lowest BCUT2D eigenvalue weighted by molar-refractivity contribution is -0.110. The number of carbonyl (C=O) groups excluding carboxylic acids is 1. The van der Waals surface area contributed by atoms with Crippen molar-refractivity contribution < 1.29 is 19.1 Å². The smallest absolute Gasteiger partial charge is 0.280 e. The van der Waals surface area contributed by atoms with E-state index in [4.69, 9.17) is 15.6 Å². The van der Waals surface area contributed by atoms with Gasteiger partial charge in [-0.25, -0.2) is 9.98 Å². The third kappa shape index (κ3) is 9.26. The van der Waals surface area contributed by atoms with Crippen LogP contribution < -0.4 is 11.1 Å². The molecule has 0 spiro atoms. The van der Waals surface area contributed by atoms with E-state index in [0.29, 0.717) is 34.9 Å². The summed E-state index contributed by atoms with van der Waals surface area (Å²) in [5, 5.41) is 15.4. The second-order valence-corrected chi connectivity index (χ2v) is 12.8. The molecular weight excluding hydrogens is 660 g/mol. The Morgan fingerprint density at radius 2 is 1.55 bits per heavy atom. The van der Waals surface area contributed by atoms with Crippen molar-refractivity contribution in [1.82, 2.24) is 4.98 Å². The number of hydrogen-bond donors (Lipinski definition) is 3. The van der Waals surface area contributed by atoms with Crippen LogP contribution in [0.15, 0.2) is 141 Å². The number of rotatable bonds is 15. The van der Waals surface area contributed by atoms with E-state index >= 15 is 0 Å². The van der Waals surface area contributed by atoms with Gasteiger partial charge in [-0.2, -0.15) is 4.39 Å². The van der Waals surface area contributed by atoms with Gasteiger partial charge in [0.1, 0.15) is 23.8 Å². The molecule has 12 heteroatoms. The van der Waals surface area contributed by atoms with Crippen LogP contribution in [0.3, 0.4) is 0 Å². The molecule has 4 aromatic carbocycles. The monoisotopic (exact) mass is 694 g/mol. The number of benzene rings is 4. The Labute approximate surface area is 292 Å². The summed E-state index contributed by atoms with van der Waals surface area (Å²) in [5.74, 6) is 0.155. The standard InChI is InChI=1S/C37H35FN6O3S2/c1-26(21-22-45)47-44-34(35(46)43-36-40-23-32(38)49-36)27-17-19-31(20-18-27)48-24-33(39)41-25-42-37(28-11-5-2-6-12-28,29-13-7-3-8-14-29)30-15-9-4-10-16-30/h2-20,23,25-26,45H,21-22,24H2,1H3,(H2,39,41,42)(H,40,43,46)/b44-34+/t26-/m0/s1. The lowest BCUT2D eigenvalue weighted by Crippen LogP contribution is -2.27. The van der Waals surface area contributed by atoms with Crippen molar-refractivity contribution in [2.24, 2.45) is 20.9 Å². The largest absolute Gasteiger partial charge is 0.396 e. The molecule has 0 unspecified atom stereocenters. The van der Waals surface area contributed by atoms with Gasteiger partial charge in [-0.3, -0.25) is 15.1 Å². The van der Waals surface area contributed by atoms with E-state index in [2.05, 4.69) is 56.8 Å². The van der Waals surface area contributed by atoms with Gasteiger partial charge in [0.05, 0.1) is 11.9 Å². The van der Waals surface area contributed by atoms with Crippen LogP contribution in [0.5, 0.6) is 0 Å². The van der Waals surface area contributed by atoms with Crippen LogP contribution in [-0.2, 0) is 15.2 Å². The Morgan fingerprint density at radius 1 is 0.980 bits per heavy atom. The molecule has 0 saturated heterocycles. The predicted octanol–water partition coefficient (Wildman–Crippen LogP) is 6.88. The van der Waals surface area contributed by atoms with Gasteiger partial charge in [0.15, 0.2) is 16.0 Å². The summed E-state index contributed by atoms with van der Waals surface area (Å²) in [4.78, 5) is 32.8. The number of carbonyl (C=O) groups is 1. The minimum atomic E-state index is -0.838. The van der Waals surface area contributed by atoms with E-state index in [1.165, 1.54) is 18.1 Å². The molecule has 0 aliphatic rings. The van der Waals surface area contributed by atoms with Gasteiger partial charge in [-0.15, -0.1) is 11.8 Å². The van der Waals surface area contributed by atoms with E-state index in [1.54, 1.807) is 19.1 Å². The van der Waals surface area contributed by atoms with Crippen molar-refractivity contribution in [3.63, 3.8) is 0 Å². The van der Waals surface area contributed by atoms with Crippen molar-refractivity contribution in [3.8, 4) is 0 Å². The number of aliphatic hydroxyl groups excluding tert-OH is 1. The van der Waals surface area contributed by atoms with Crippen LogP contribution in [0.4, 0.5) is 9.52 Å². The van der Waals surface area contributed by atoms with Gasteiger partial charge in [0, 0.05) is 23.5 Å². The van der Waals surface area contributed by atoms with Gasteiger partial charge < -0.3 is 15.7 Å². The summed E-state index contributed by atoms with van der Waals surface area (Å²) in [6.07, 6.45) is 2.46. The number of thiazole rings is 1. The first-order valence-corrected chi connectivity index (χ1v) is 17.2. The highest BCUT2D eigenvalue weighted by atomic mass is 32.2. The molecule has 1 aromatic heterocycles. The molecule has 5 aromatic rings. The fraction of sp³-hybridized carbons (Fsp3) is 0.162. The van der Waals surface area contributed by atoms with Crippen molar-refractivity contribution in [1.29, 1.82) is 0 Å². The lowest BCUT2D eigenvalue weighted by Gasteiger charge is -2.31. The van der Waals surface area contributed by atoms with Crippen molar-refractivity contribution >= 4 is 52.0 Å². The van der Waals surface area contributed by atoms with Crippen molar-refractivity contribution in [2.75, 3.05) is 17.7 Å². The van der Waals surface area contributed by atoms with Crippen molar-refractivity contribution in [3.05, 3.63) is 149 Å². The lowest BCUT2D eigenvalue weighted by atomic mass is 9.77. The number of anilines is 1. The van der Waals surface area contributed by atoms with Crippen LogP contribution >= 0.6 is 23.1 Å². The fourth-order valence-electron chi connectivity index (χ4n) is 4.93. The molecule has 1 atom stereocenters. The van der Waals surface area contributed by atoms with E-state index in [1.807, 2.05) is 66.7 Å². The Morgan fingerprint density at radius 3 is 2.06 bits per heavy atom. The van der Waals surface area contributed by atoms with Crippen molar-refractivity contribution in [2.45, 2.75) is 29.9 Å². The number of oxime groups is 1. The van der Waals surface area contributed by atoms with Gasteiger partial charge in [-0.05, 0) is 35.7 Å². The van der Waals surface area contributed by atoms with E-state index in [9.17, 15) is 14.3 Å². The average molecular weight is 695 g/mol. The molecule has 5 rings (SSSR count). The summed E-state index contributed by atoms with van der Waals surface area (Å²) in [5.41, 5.74) is 8.96. The zero-order chi connectivity index (χ0) is 34.5. The summed E-state index contributed by atoms with van der Waals surface area (Å²) in [7, 11) is 0. The van der Waals surface area contributed by atoms with Gasteiger partial charge >= 0.3 is 0 Å². The fourth-order valence-corrected chi connectivity index (χ4v) is 6.18. The molecule has 4 N–H and O–H groups in total. The Bertz CT molecular complexity index is 1790. The number of nitrogens with two attached hydrogens (primary N) is 1. The Hall–Kier alpha value is -5.17. The molecule has 0 aliphatic carbocycles. The zero-order valence-electron chi connectivity index (χ0n) is 26.6. The number of thioether (sulfide) groups is 1. The third-order valence-corrected chi connectivity index (χ3v) is 9.08. The first-order valence-electron chi connectivity index (χ1n) is 15.4. The molecule has 0 aliphatic heterocycles. The van der Waals surface area contributed by atoms with E-state index in [0.717, 1.165) is 27.8 Å². The maximum Gasteiger partial charge on any atom is 0.280 e. The summed E-state index contributed by atoms with van der Waals surface area (Å²) in [6, 6.07) is 37.4. The number of amidine groups is 1. The van der Waals surface area contributed by atoms with Crippen LogP contribution in [0.25, 0.3) is 0 Å². The topological polar surface area (TPSA) is 135 Å². The molecule has 0 radical (unpaired) electrons. The number of aliphatic hydroxyl groups is 1. The molecule has 0 fully saturated rings. The second kappa shape index (κ2) is 17.3. The number of nitrogens with zero attached hydrogens (tertiary/aromatic N) is 4. The highest BCUT2D eigenvalue weighted by Crippen LogP contribution is 2.40. The minimum absolute atomic E-state index is 0.0204. The highest BCUT2D eigenvalue weighted by Gasteiger charge is 2.35. The molecule has 9 nitrogen and oxygen atoms in total. The van der Waals surface area contributed by atoms with Gasteiger partial charge in [0.2, 0.25) is 0 Å². The number of halogens is 1. The zero-order valence-corrected chi connectivity index (χ0v) is 28.3. The Balaban J connectivity index is 1.33. The van der Waals surface area contributed by atoms with Crippen LogP contribution in [-0.4, -0.2) is 52.3 Å². The van der Waals surface area contributed by atoms with E-state index < -0.39 is 22.7 Å². The summed E-state index contributed by atoms with van der Waals surface area (Å²) >= 11 is 2.17. The Kier molecular flexibility index (Phi) is 12.4. The van der Waals surface area contributed by atoms with Crippen LogP contribution in [0.2, 0.25) is 0 Å². The normalized spacial score (nSPS) is 13.0.